The third kappa shape index (κ3) is 3.88. The van der Waals surface area contributed by atoms with Gasteiger partial charge in [-0.15, -0.1) is 0 Å². The molecule has 0 aliphatic carbocycles. The molecule has 0 aliphatic heterocycles. The minimum absolute atomic E-state index is 0.216. The van der Waals surface area contributed by atoms with Gasteiger partial charge < -0.3 is 9.26 Å². The number of rotatable bonds is 7. The molecule has 0 N–H and O–H groups in total. The summed E-state index contributed by atoms with van der Waals surface area (Å²) in [6.45, 7) is 4.22. The number of sulfonamides is 1. The van der Waals surface area contributed by atoms with Crippen LogP contribution in [-0.2, 0) is 16.6 Å². The maximum Gasteiger partial charge on any atom is 0.264 e. The van der Waals surface area contributed by atoms with Crippen molar-refractivity contribution in [2.24, 2.45) is 0 Å². The molecule has 26 heavy (non-hydrogen) atoms. The minimum atomic E-state index is -3.63. The van der Waals surface area contributed by atoms with E-state index in [1.165, 1.54) is 4.31 Å². The SMILES string of the molecule is CCN(c1ccccc1)S(=O)(=O)c1ccc(OCc2cc(C)on2)cc1. The van der Waals surface area contributed by atoms with Crippen LogP contribution in [0, 0.1) is 6.92 Å². The highest BCUT2D eigenvalue weighted by molar-refractivity contribution is 7.92. The molecule has 0 atom stereocenters. The summed E-state index contributed by atoms with van der Waals surface area (Å²) in [6, 6.07) is 17.2. The summed E-state index contributed by atoms with van der Waals surface area (Å²) in [5, 5.41) is 3.85. The van der Waals surface area contributed by atoms with Gasteiger partial charge in [-0.1, -0.05) is 23.4 Å². The van der Waals surface area contributed by atoms with Crippen LogP contribution in [0.1, 0.15) is 18.4 Å². The summed E-state index contributed by atoms with van der Waals surface area (Å²) in [5.41, 5.74) is 1.32. The molecule has 2 aromatic carbocycles. The van der Waals surface area contributed by atoms with Crippen molar-refractivity contribution in [3.8, 4) is 5.75 Å². The fourth-order valence-corrected chi connectivity index (χ4v) is 4.04. The maximum absolute atomic E-state index is 12.9. The lowest BCUT2D eigenvalue weighted by atomic mass is 10.3. The van der Waals surface area contributed by atoms with E-state index >= 15 is 0 Å². The second kappa shape index (κ2) is 7.61. The normalized spacial score (nSPS) is 11.3. The number of hydrogen-bond donors (Lipinski definition) is 0. The third-order valence-electron chi connectivity index (χ3n) is 3.81. The Morgan fingerprint density at radius 1 is 1.08 bits per heavy atom. The Labute approximate surface area is 153 Å². The van der Waals surface area contributed by atoms with Gasteiger partial charge in [-0.25, -0.2) is 8.42 Å². The van der Waals surface area contributed by atoms with Crippen molar-refractivity contribution in [3.05, 3.63) is 72.1 Å². The zero-order chi connectivity index (χ0) is 18.6. The highest BCUT2D eigenvalue weighted by atomic mass is 32.2. The quantitative estimate of drug-likeness (QED) is 0.631. The zero-order valence-electron chi connectivity index (χ0n) is 14.6. The van der Waals surface area contributed by atoms with Crippen LogP contribution in [0.3, 0.4) is 0 Å². The second-order valence-electron chi connectivity index (χ2n) is 5.69. The molecule has 0 saturated heterocycles. The molecule has 0 saturated carbocycles. The minimum Gasteiger partial charge on any atom is -0.487 e. The Balaban J connectivity index is 1.76. The van der Waals surface area contributed by atoms with Crippen molar-refractivity contribution in [3.63, 3.8) is 0 Å². The lowest BCUT2D eigenvalue weighted by Crippen LogP contribution is -2.30. The molecule has 0 radical (unpaired) electrons. The van der Waals surface area contributed by atoms with Crippen molar-refractivity contribution < 1.29 is 17.7 Å². The van der Waals surface area contributed by atoms with E-state index in [1.807, 2.05) is 32.0 Å². The number of hydrogen-bond acceptors (Lipinski definition) is 5. The average Bonchev–Trinajstić information content (AvgIpc) is 3.07. The fraction of sp³-hybridized carbons (Fsp3) is 0.211. The van der Waals surface area contributed by atoms with Crippen LogP contribution in [0.25, 0.3) is 0 Å². The van der Waals surface area contributed by atoms with Gasteiger partial charge in [0.15, 0.2) is 0 Å². The monoisotopic (exact) mass is 372 g/mol. The molecule has 0 amide bonds. The Hall–Kier alpha value is -2.80. The molecule has 0 fully saturated rings. The zero-order valence-corrected chi connectivity index (χ0v) is 15.4. The standard InChI is InChI=1S/C19H20N2O4S/c1-3-21(17-7-5-4-6-8-17)26(22,23)19-11-9-18(10-12-19)24-14-16-13-15(2)25-20-16/h4-13H,3,14H2,1-2H3. The molecule has 0 bridgehead atoms. The maximum atomic E-state index is 12.9. The topological polar surface area (TPSA) is 72.6 Å². The highest BCUT2D eigenvalue weighted by Crippen LogP contribution is 2.25. The van der Waals surface area contributed by atoms with Crippen LogP contribution in [0.2, 0.25) is 0 Å². The van der Waals surface area contributed by atoms with Gasteiger partial charge in [0, 0.05) is 12.6 Å². The first kappa shape index (κ1) is 18.0. The number of ether oxygens (including phenoxy) is 1. The molecule has 0 spiro atoms. The van der Waals surface area contributed by atoms with E-state index in [2.05, 4.69) is 5.16 Å². The molecule has 7 heteroatoms. The summed E-state index contributed by atoms with van der Waals surface area (Å²) in [7, 11) is -3.63. The van der Waals surface area contributed by atoms with Gasteiger partial charge in [0.1, 0.15) is 23.8 Å². The Morgan fingerprint density at radius 2 is 1.77 bits per heavy atom. The van der Waals surface area contributed by atoms with E-state index in [-0.39, 0.29) is 11.5 Å². The highest BCUT2D eigenvalue weighted by Gasteiger charge is 2.23. The van der Waals surface area contributed by atoms with Gasteiger partial charge in [0.2, 0.25) is 0 Å². The van der Waals surface area contributed by atoms with Crippen molar-refractivity contribution in [1.82, 2.24) is 5.16 Å². The van der Waals surface area contributed by atoms with Gasteiger partial charge in [0.05, 0.1) is 10.6 Å². The molecule has 3 aromatic rings. The molecular formula is C19H20N2O4S. The first-order valence-corrected chi connectivity index (χ1v) is 9.67. The number of aryl methyl sites for hydroxylation is 1. The van der Waals surface area contributed by atoms with E-state index in [0.717, 1.165) is 0 Å². The van der Waals surface area contributed by atoms with Crippen molar-refractivity contribution >= 4 is 15.7 Å². The van der Waals surface area contributed by atoms with Gasteiger partial charge >= 0.3 is 0 Å². The molecule has 6 nitrogen and oxygen atoms in total. The lowest BCUT2D eigenvalue weighted by Gasteiger charge is -2.23. The van der Waals surface area contributed by atoms with E-state index in [1.54, 1.807) is 42.5 Å². The summed E-state index contributed by atoms with van der Waals surface area (Å²) in [6.07, 6.45) is 0. The number of benzene rings is 2. The van der Waals surface area contributed by atoms with E-state index in [0.29, 0.717) is 29.4 Å². The third-order valence-corrected chi connectivity index (χ3v) is 5.72. The number of para-hydroxylation sites is 1. The molecule has 136 valence electrons. The Morgan fingerprint density at radius 3 is 2.35 bits per heavy atom. The van der Waals surface area contributed by atoms with Crippen LogP contribution in [-0.4, -0.2) is 20.1 Å². The van der Waals surface area contributed by atoms with Gasteiger partial charge in [-0.05, 0) is 50.2 Å². The number of nitrogens with zero attached hydrogens (tertiary/aromatic N) is 2. The molecule has 3 rings (SSSR count). The Kier molecular flexibility index (Phi) is 5.27. The molecule has 1 aromatic heterocycles. The summed E-state index contributed by atoms with van der Waals surface area (Å²) in [4.78, 5) is 0.216. The molecule has 0 unspecified atom stereocenters. The van der Waals surface area contributed by atoms with Crippen molar-refractivity contribution in [1.29, 1.82) is 0 Å². The summed E-state index contributed by atoms with van der Waals surface area (Å²) in [5.74, 6) is 1.28. The lowest BCUT2D eigenvalue weighted by molar-refractivity contribution is 0.287. The molecule has 0 aliphatic rings. The van der Waals surface area contributed by atoms with Crippen LogP contribution in [0.4, 0.5) is 5.69 Å². The van der Waals surface area contributed by atoms with Crippen molar-refractivity contribution in [2.75, 3.05) is 10.8 Å². The predicted molar refractivity (Wildman–Crippen MR) is 98.7 cm³/mol. The largest absolute Gasteiger partial charge is 0.487 e. The van der Waals surface area contributed by atoms with E-state index in [9.17, 15) is 8.42 Å². The first-order valence-electron chi connectivity index (χ1n) is 8.23. The van der Waals surface area contributed by atoms with Crippen LogP contribution in [0.15, 0.2) is 70.1 Å². The molecular weight excluding hydrogens is 352 g/mol. The Bertz CT molecular complexity index is 951. The average molecular weight is 372 g/mol. The number of aromatic nitrogens is 1. The summed E-state index contributed by atoms with van der Waals surface area (Å²) >= 11 is 0. The van der Waals surface area contributed by atoms with Gasteiger partial charge in [0.25, 0.3) is 10.0 Å². The number of anilines is 1. The summed E-state index contributed by atoms with van der Waals surface area (Å²) < 4.78 is 37.8. The van der Waals surface area contributed by atoms with E-state index in [4.69, 9.17) is 9.26 Å². The van der Waals surface area contributed by atoms with Crippen LogP contribution in [0.5, 0.6) is 5.75 Å². The van der Waals surface area contributed by atoms with Crippen molar-refractivity contribution in [2.45, 2.75) is 25.3 Å². The van der Waals surface area contributed by atoms with Crippen LogP contribution < -0.4 is 9.04 Å². The first-order chi connectivity index (χ1) is 12.5. The van der Waals surface area contributed by atoms with Gasteiger partial charge in [-0.3, -0.25) is 4.31 Å². The predicted octanol–water partition coefficient (Wildman–Crippen LogP) is 3.78. The smallest absolute Gasteiger partial charge is 0.264 e. The van der Waals surface area contributed by atoms with Crippen LogP contribution >= 0.6 is 0 Å². The van der Waals surface area contributed by atoms with E-state index < -0.39 is 10.0 Å². The molecule has 1 heterocycles. The van der Waals surface area contributed by atoms with Gasteiger partial charge in [-0.2, -0.15) is 0 Å². The second-order valence-corrected chi connectivity index (χ2v) is 7.56. The fourth-order valence-electron chi connectivity index (χ4n) is 2.56.